The van der Waals surface area contributed by atoms with Crippen LogP contribution < -0.4 is 16.0 Å². The first-order valence-corrected chi connectivity index (χ1v) is 9.75. The first kappa shape index (κ1) is 23.4. The molecular weight excluding hydrogens is 479 g/mol. The van der Waals surface area contributed by atoms with E-state index in [1.807, 2.05) is 30.5 Å². The van der Waals surface area contributed by atoms with Crippen LogP contribution in [0.5, 0.6) is 0 Å². The average molecular weight is 510 g/mol. The summed E-state index contributed by atoms with van der Waals surface area (Å²) < 4.78 is 5.22. The van der Waals surface area contributed by atoms with E-state index in [2.05, 4.69) is 44.1 Å². The van der Waals surface area contributed by atoms with E-state index in [1.54, 1.807) is 7.11 Å². The number of nitrogens with zero attached hydrogens (tertiary/aromatic N) is 4. The van der Waals surface area contributed by atoms with Crippen molar-refractivity contribution in [2.75, 3.05) is 50.1 Å². The molecule has 0 bridgehead atoms. The summed E-state index contributed by atoms with van der Waals surface area (Å²) in [7, 11) is 1.68. The van der Waals surface area contributed by atoms with Crippen molar-refractivity contribution < 1.29 is 4.74 Å². The highest BCUT2D eigenvalue weighted by Crippen LogP contribution is 2.16. The predicted octanol–water partition coefficient (Wildman–Crippen LogP) is 2.91. The molecule has 3 N–H and O–H groups in total. The third-order valence-electron chi connectivity index (χ3n) is 4.96. The largest absolute Gasteiger partial charge is 0.380 e. The minimum absolute atomic E-state index is 0. The molecule has 2 aromatic rings. The van der Waals surface area contributed by atoms with Gasteiger partial charge in [0, 0.05) is 50.7 Å². The quantitative estimate of drug-likeness (QED) is 0.339. The summed E-state index contributed by atoms with van der Waals surface area (Å²) in [5, 5.41) is 3.15. The Morgan fingerprint density at radius 3 is 2.59 bits per heavy atom. The topological polar surface area (TPSA) is 79.0 Å². The second kappa shape index (κ2) is 11.9. The second-order valence-corrected chi connectivity index (χ2v) is 6.86. The number of hydrogen-bond donors (Lipinski definition) is 2. The summed E-state index contributed by atoms with van der Waals surface area (Å²) >= 11 is 0. The van der Waals surface area contributed by atoms with Crippen molar-refractivity contribution >= 4 is 41.4 Å². The zero-order chi connectivity index (χ0) is 19.8. The fourth-order valence-corrected chi connectivity index (χ4v) is 3.27. The van der Waals surface area contributed by atoms with Crippen molar-refractivity contribution in [3.05, 3.63) is 53.7 Å². The van der Waals surface area contributed by atoms with Gasteiger partial charge in [0.25, 0.3) is 0 Å². The Hall–Kier alpha value is -1.91. The third kappa shape index (κ3) is 6.83. The molecule has 8 heteroatoms. The molecule has 1 aromatic carbocycles. The standard InChI is InChI=1S/C21H30N6O.HI/c1-3-26-10-12-27(13-11-26)20-9-8-17(14-23-20)15-24-21(22)25-19-7-5-4-6-18(19)16-28-2;/h4-9,14H,3,10-13,15-16H2,1-2H3,(H3,22,24,25);1H. The lowest BCUT2D eigenvalue weighted by Gasteiger charge is -2.34. The lowest BCUT2D eigenvalue weighted by Crippen LogP contribution is -2.46. The molecule has 1 aliphatic heterocycles. The Kier molecular flexibility index (Phi) is 9.62. The van der Waals surface area contributed by atoms with Gasteiger partial charge in [-0.1, -0.05) is 31.2 Å². The highest BCUT2D eigenvalue weighted by atomic mass is 127. The number of anilines is 2. The molecule has 158 valence electrons. The molecule has 0 unspecified atom stereocenters. The average Bonchev–Trinajstić information content (AvgIpc) is 2.74. The smallest absolute Gasteiger partial charge is 0.193 e. The number of benzene rings is 1. The van der Waals surface area contributed by atoms with Gasteiger partial charge in [0.2, 0.25) is 0 Å². The maximum absolute atomic E-state index is 6.06. The van der Waals surface area contributed by atoms with Gasteiger partial charge in [0.15, 0.2) is 5.96 Å². The van der Waals surface area contributed by atoms with Crippen molar-refractivity contribution in [3.8, 4) is 0 Å². The number of ether oxygens (including phenoxy) is 1. The maximum Gasteiger partial charge on any atom is 0.193 e. The van der Waals surface area contributed by atoms with E-state index in [0.717, 1.165) is 55.4 Å². The number of pyridine rings is 1. The van der Waals surface area contributed by atoms with Crippen LogP contribution in [0.15, 0.2) is 47.6 Å². The van der Waals surface area contributed by atoms with Crippen LogP contribution in [0.4, 0.5) is 11.5 Å². The van der Waals surface area contributed by atoms with Crippen molar-refractivity contribution in [2.24, 2.45) is 10.7 Å². The number of methoxy groups -OCH3 is 1. The minimum Gasteiger partial charge on any atom is -0.380 e. The van der Waals surface area contributed by atoms with E-state index in [1.165, 1.54) is 0 Å². The molecule has 0 saturated carbocycles. The zero-order valence-electron chi connectivity index (χ0n) is 17.2. The highest BCUT2D eigenvalue weighted by Gasteiger charge is 2.16. The fourth-order valence-electron chi connectivity index (χ4n) is 3.27. The molecule has 0 radical (unpaired) electrons. The lowest BCUT2D eigenvalue weighted by atomic mass is 10.2. The van der Waals surface area contributed by atoms with E-state index in [0.29, 0.717) is 19.1 Å². The van der Waals surface area contributed by atoms with Gasteiger partial charge in [0.05, 0.1) is 13.2 Å². The SMILES string of the molecule is CCN1CCN(c2ccc(CN=C(N)Nc3ccccc3COC)cn2)CC1.I. The Morgan fingerprint density at radius 1 is 1.17 bits per heavy atom. The molecule has 1 aromatic heterocycles. The normalized spacial score (nSPS) is 15.1. The van der Waals surface area contributed by atoms with Crippen LogP contribution in [-0.4, -0.2) is 55.7 Å². The van der Waals surface area contributed by atoms with Gasteiger partial charge in [-0.2, -0.15) is 0 Å². The number of aromatic nitrogens is 1. The molecule has 0 amide bonds. The molecule has 7 nitrogen and oxygen atoms in total. The predicted molar refractivity (Wildman–Crippen MR) is 130 cm³/mol. The van der Waals surface area contributed by atoms with Gasteiger partial charge < -0.3 is 25.6 Å². The van der Waals surface area contributed by atoms with Crippen LogP contribution in [-0.2, 0) is 17.9 Å². The lowest BCUT2D eigenvalue weighted by molar-refractivity contribution is 0.185. The molecule has 1 fully saturated rings. The summed E-state index contributed by atoms with van der Waals surface area (Å²) in [5.41, 5.74) is 9.04. The second-order valence-electron chi connectivity index (χ2n) is 6.86. The van der Waals surface area contributed by atoms with Crippen molar-refractivity contribution in [3.63, 3.8) is 0 Å². The van der Waals surface area contributed by atoms with E-state index in [-0.39, 0.29) is 24.0 Å². The number of guanidine groups is 1. The Bertz CT molecular complexity index is 775. The number of para-hydroxylation sites is 1. The number of nitrogens with two attached hydrogens (primary N) is 1. The first-order chi connectivity index (χ1) is 13.7. The number of halogens is 1. The molecular formula is C21H31IN6O. The van der Waals surface area contributed by atoms with Crippen LogP contribution in [0, 0.1) is 0 Å². The molecule has 0 aliphatic carbocycles. The van der Waals surface area contributed by atoms with E-state index < -0.39 is 0 Å². The summed E-state index contributed by atoms with van der Waals surface area (Å²) in [6.45, 7) is 8.57. The summed E-state index contributed by atoms with van der Waals surface area (Å²) in [6.07, 6.45) is 1.89. The highest BCUT2D eigenvalue weighted by molar-refractivity contribution is 14.0. The van der Waals surface area contributed by atoms with Crippen LogP contribution in [0.3, 0.4) is 0 Å². The molecule has 1 aliphatic rings. The van der Waals surface area contributed by atoms with Crippen LogP contribution in [0.1, 0.15) is 18.1 Å². The van der Waals surface area contributed by atoms with Crippen LogP contribution in [0.25, 0.3) is 0 Å². The van der Waals surface area contributed by atoms with Gasteiger partial charge in [-0.15, -0.1) is 24.0 Å². The van der Waals surface area contributed by atoms with Gasteiger partial charge in [-0.05, 0) is 24.2 Å². The Labute approximate surface area is 190 Å². The van der Waals surface area contributed by atoms with Crippen molar-refractivity contribution in [1.29, 1.82) is 0 Å². The van der Waals surface area contributed by atoms with E-state index >= 15 is 0 Å². The van der Waals surface area contributed by atoms with Crippen molar-refractivity contribution in [2.45, 2.75) is 20.1 Å². The molecule has 0 atom stereocenters. The van der Waals surface area contributed by atoms with Crippen LogP contribution >= 0.6 is 24.0 Å². The van der Waals surface area contributed by atoms with Gasteiger partial charge >= 0.3 is 0 Å². The molecule has 2 heterocycles. The molecule has 0 spiro atoms. The Morgan fingerprint density at radius 2 is 1.93 bits per heavy atom. The third-order valence-corrected chi connectivity index (χ3v) is 4.96. The molecule has 1 saturated heterocycles. The number of hydrogen-bond acceptors (Lipinski definition) is 5. The van der Waals surface area contributed by atoms with Crippen molar-refractivity contribution in [1.82, 2.24) is 9.88 Å². The Balaban J connectivity index is 0.00000300. The maximum atomic E-state index is 6.06. The first-order valence-electron chi connectivity index (χ1n) is 9.75. The van der Waals surface area contributed by atoms with Gasteiger partial charge in [0.1, 0.15) is 5.82 Å². The van der Waals surface area contributed by atoms with E-state index in [4.69, 9.17) is 10.5 Å². The summed E-state index contributed by atoms with van der Waals surface area (Å²) in [5.74, 6) is 1.41. The molecule has 3 rings (SSSR count). The zero-order valence-corrected chi connectivity index (χ0v) is 19.5. The van der Waals surface area contributed by atoms with Gasteiger partial charge in [-0.3, -0.25) is 0 Å². The number of rotatable bonds is 7. The monoisotopic (exact) mass is 510 g/mol. The number of piperazine rings is 1. The van der Waals surface area contributed by atoms with Crippen LogP contribution in [0.2, 0.25) is 0 Å². The number of likely N-dealkylation sites (N-methyl/N-ethyl adjacent to an activating group) is 1. The number of aliphatic imine (C=N–C) groups is 1. The van der Waals surface area contributed by atoms with Gasteiger partial charge in [-0.25, -0.2) is 9.98 Å². The number of nitrogens with one attached hydrogen (secondary N) is 1. The van der Waals surface area contributed by atoms with E-state index in [9.17, 15) is 0 Å². The fraction of sp³-hybridized carbons (Fsp3) is 0.429. The summed E-state index contributed by atoms with van der Waals surface area (Å²) in [4.78, 5) is 13.8. The molecule has 29 heavy (non-hydrogen) atoms. The summed E-state index contributed by atoms with van der Waals surface area (Å²) in [6, 6.07) is 12.0. The minimum atomic E-state index is 0.